The molecule has 1 aliphatic carbocycles. The molecule has 2 saturated heterocycles. The zero-order valence-electron chi connectivity index (χ0n) is 17.0. The van der Waals surface area contributed by atoms with Gasteiger partial charge >= 0.3 is 0 Å². The smallest absolute Gasteiger partial charge is 0.244 e. The van der Waals surface area contributed by atoms with Gasteiger partial charge in [0.2, 0.25) is 11.8 Å². The van der Waals surface area contributed by atoms with Crippen LogP contribution in [0.15, 0.2) is 0 Å². The Labute approximate surface area is 161 Å². The van der Waals surface area contributed by atoms with E-state index in [1.54, 1.807) is 0 Å². The number of nitrogens with zero attached hydrogens (tertiary/aromatic N) is 4. The third-order valence-corrected chi connectivity index (χ3v) is 6.88. The number of aryl methyl sites for hydroxylation is 1. The lowest BCUT2D eigenvalue weighted by molar-refractivity contribution is -0.146. The van der Waals surface area contributed by atoms with Crippen molar-refractivity contribution in [3.05, 3.63) is 17.0 Å². The Morgan fingerprint density at radius 2 is 2.00 bits per heavy atom. The van der Waals surface area contributed by atoms with E-state index in [1.165, 1.54) is 18.4 Å². The Kier molecular flexibility index (Phi) is 4.77. The van der Waals surface area contributed by atoms with E-state index in [-0.39, 0.29) is 17.9 Å². The van der Waals surface area contributed by atoms with Gasteiger partial charge in [-0.25, -0.2) is 0 Å². The molecule has 1 spiro atoms. The minimum absolute atomic E-state index is 0.0900. The molecule has 1 aromatic heterocycles. The van der Waals surface area contributed by atoms with Gasteiger partial charge in [0.1, 0.15) is 6.54 Å². The van der Waals surface area contributed by atoms with E-state index in [9.17, 15) is 9.59 Å². The number of carbonyl (C=O) groups is 2. The molecule has 0 aromatic carbocycles. The summed E-state index contributed by atoms with van der Waals surface area (Å²) in [7, 11) is 0. The third kappa shape index (κ3) is 3.39. The second kappa shape index (κ2) is 6.95. The van der Waals surface area contributed by atoms with E-state index in [0.717, 1.165) is 56.1 Å². The summed E-state index contributed by atoms with van der Waals surface area (Å²) in [4.78, 5) is 30.1. The number of hydrogen-bond acceptors (Lipinski definition) is 3. The largest absolute Gasteiger partial charge is 0.342 e. The first-order chi connectivity index (χ1) is 12.9. The molecule has 2 aliphatic heterocycles. The van der Waals surface area contributed by atoms with Crippen LogP contribution in [0.1, 0.15) is 56.0 Å². The molecule has 6 heteroatoms. The third-order valence-electron chi connectivity index (χ3n) is 6.88. The van der Waals surface area contributed by atoms with Crippen molar-refractivity contribution in [1.29, 1.82) is 0 Å². The van der Waals surface area contributed by atoms with Crippen LogP contribution in [-0.4, -0.2) is 57.6 Å². The van der Waals surface area contributed by atoms with Gasteiger partial charge in [0.15, 0.2) is 0 Å². The lowest BCUT2D eigenvalue weighted by Gasteiger charge is -2.39. The first-order valence-electron chi connectivity index (χ1n) is 10.5. The number of likely N-dealkylation sites (tertiary alicyclic amines) is 2. The van der Waals surface area contributed by atoms with E-state index in [2.05, 4.69) is 16.9 Å². The molecule has 4 rings (SSSR count). The van der Waals surface area contributed by atoms with E-state index in [4.69, 9.17) is 0 Å². The highest BCUT2D eigenvalue weighted by molar-refractivity contribution is 5.86. The zero-order chi connectivity index (χ0) is 19.2. The summed E-state index contributed by atoms with van der Waals surface area (Å²) < 4.78 is 1.84. The molecule has 1 aromatic rings. The Hall–Kier alpha value is -1.85. The molecule has 0 bridgehead atoms. The van der Waals surface area contributed by atoms with Crippen molar-refractivity contribution in [2.75, 3.05) is 26.2 Å². The number of hydrogen-bond donors (Lipinski definition) is 0. The fourth-order valence-electron chi connectivity index (χ4n) is 5.03. The van der Waals surface area contributed by atoms with Crippen molar-refractivity contribution < 1.29 is 9.59 Å². The van der Waals surface area contributed by atoms with Crippen LogP contribution in [0.4, 0.5) is 0 Å². The molecule has 148 valence electrons. The molecule has 3 fully saturated rings. The molecule has 6 nitrogen and oxygen atoms in total. The molecular weight excluding hydrogens is 340 g/mol. The van der Waals surface area contributed by atoms with Crippen LogP contribution in [0.3, 0.4) is 0 Å². The zero-order valence-corrected chi connectivity index (χ0v) is 17.0. The SMILES string of the molecule is CCc1c(C)nn(CC(=O)N2CCC3(CCCN(CC4CC4)C3=O)C2)c1C. The first-order valence-corrected chi connectivity index (χ1v) is 10.5. The molecule has 0 N–H and O–H groups in total. The summed E-state index contributed by atoms with van der Waals surface area (Å²) in [5.41, 5.74) is 3.01. The van der Waals surface area contributed by atoms with Gasteiger partial charge in [0, 0.05) is 31.9 Å². The van der Waals surface area contributed by atoms with Crippen LogP contribution < -0.4 is 0 Å². The van der Waals surface area contributed by atoms with Gasteiger partial charge < -0.3 is 9.80 Å². The van der Waals surface area contributed by atoms with E-state index in [1.807, 2.05) is 23.4 Å². The van der Waals surface area contributed by atoms with Crippen LogP contribution in [0.25, 0.3) is 0 Å². The average molecular weight is 373 g/mol. The van der Waals surface area contributed by atoms with Crippen LogP contribution >= 0.6 is 0 Å². The number of amides is 2. The quantitative estimate of drug-likeness (QED) is 0.797. The Bertz CT molecular complexity index is 752. The van der Waals surface area contributed by atoms with Gasteiger partial charge in [-0.15, -0.1) is 0 Å². The number of carbonyl (C=O) groups excluding carboxylic acids is 2. The first kappa shape index (κ1) is 18.5. The van der Waals surface area contributed by atoms with Gasteiger partial charge in [0.25, 0.3) is 0 Å². The monoisotopic (exact) mass is 372 g/mol. The molecule has 1 unspecified atom stereocenters. The topological polar surface area (TPSA) is 58.4 Å². The van der Waals surface area contributed by atoms with Gasteiger partial charge in [0.05, 0.1) is 11.1 Å². The van der Waals surface area contributed by atoms with Gasteiger partial charge in [-0.2, -0.15) is 5.10 Å². The molecular formula is C21H32N4O2. The van der Waals surface area contributed by atoms with Crippen molar-refractivity contribution in [1.82, 2.24) is 19.6 Å². The Morgan fingerprint density at radius 3 is 2.67 bits per heavy atom. The highest BCUT2D eigenvalue weighted by atomic mass is 16.2. The fourth-order valence-corrected chi connectivity index (χ4v) is 5.03. The van der Waals surface area contributed by atoms with Crippen LogP contribution in [0.5, 0.6) is 0 Å². The van der Waals surface area contributed by atoms with E-state index >= 15 is 0 Å². The standard InChI is InChI=1S/C21H32N4O2/c1-4-18-15(2)22-25(16(18)3)13-19(26)24-11-9-21(14-24)8-5-10-23(20(21)27)12-17-6-7-17/h17H,4-14H2,1-3H3. The number of rotatable bonds is 5. The van der Waals surface area contributed by atoms with Crippen molar-refractivity contribution in [2.24, 2.45) is 11.3 Å². The van der Waals surface area contributed by atoms with Crippen LogP contribution in [0.2, 0.25) is 0 Å². The Balaban J connectivity index is 1.42. The maximum Gasteiger partial charge on any atom is 0.244 e. The highest BCUT2D eigenvalue weighted by Gasteiger charge is 2.49. The molecule has 27 heavy (non-hydrogen) atoms. The van der Waals surface area contributed by atoms with Gasteiger partial charge in [-0.1, -0.05) is 6.92 Å². The molecule has 3 heterocycles. The summed E-state index contributed by atoms with van der Waals surface area (Å²) in [6.45, 7) is 9.56. The second-order valence-electron chi connectivity index (χ2n) is 8.80. The summed E-state index contributed by atoms with van der Waals surface area (Å²) in [6.07, 6.45) is 6.28. The molecule has 3 aliphatic rings. The van der Waals surface area contributed by atoms with Gasteiger partial charge in [-0.3, -0.25) is 14.3 Å². The summed E-state index contributed by atoms with van der Waals surface area (Å²) >= 11 is 0. The van der Waals surface area contributed by atoms with Crippen molar-refractivity contribution in [2.45, 2.75) is 65.8 Å². The molecule has 1 atom stereocenters. The summed E-state index contributed by atoms with van der Waals surface area (Å²) in [6, 6.07) is 0. The average Bonchev–Trinajstić information content (AvgIpc) is 3.29. The summed E-state index contributed by atoms with van der Waals surface area (Å²) in [5, 5.41) is 4.56. The van der Waals surface area contributed by atoms with Crippen LogP contribution in [0, 0.1) is 25.2 Å². The number of aromatic nitrogens is 2. The molecule has 1 saturated carbocycles. The van der Waals surface area contributed by atoms with Crippen molar-refractivity contribution >= 4 is 11.8 Å². The second-order valence-corrected chi connectivity index (χ2v) is 8.80. The molecule has 0 radical (unpaired) electrons. The van der Waals surface area contributed by atoms with E-state index < -0.39 is 0 Å². The normalized spacial score (nSPS) is 25.7. The van der Waals surface area contributed by atoms with Crippen LogP contribution in [-0.2, 0) is 22.6 Å². The highest BCUT2D eigenvalue weighted by Crippen LogP contribution is 2.41. The maximum atomic E-state index is 13.2. The van der Waals surface area contributed by atoms with Crippen molar-refractivity contribution in [3.8, 4) is 0 Å². The maximum absolute atomic E-state index is 13.2. The predicted molar refractivity (Wildman–Crippen MR) is 103 cm³/mol. The lowest BCUT2D eigenvalue weighted by Crippen LogP contribution is -2.51. The lowest BCUT2D eigenvalue weighted by atomic mass is 9.78. The van der Waals surface area contributed by atoms with Gasteiger partial charge in [-0.05, 0) is 63.9 Å². The minimum atomic E-state index is -0.327. The minimum Gasteiger partial charge on any atom is -0.342 e. The van der Waals surface area contributed by atoms with E-state index in [0.29, 0.717) is 19.0 Å². The van der Waals surface area contributed by atoms with Crippen molar-refractivity contribution in [3.63, 3.8) is 0 Å². The molecule has 2 amide bonds. The number of piperidine rings is 1. The summed E-state index contributed by atoms with van der Waals surface area (Å²) in [5.74, 6) is 1.12. The Morgan fingerprint density at radius 1 is 1.22 bits per heavy atom. The predicted octanol–water partition coefficient (Wildman–Crippen LogP) is 2.31. The fraction of sp³-hybridized carbons (Fsp3) is 0.762.